The number of amides is 1. The van der Waals surface area contributed by atoms with Crippen molar-refractivity contribution in [2.24, 2.45) is 11.1 Å². The number of hydrogen-bond acceptors (Lipinski definition) is 7. The fourth-order valence-corrected chi connectivity index (χ4v) is 5.79. The molecule has 1 saturated heterocycles. The monoisotopic (exact) mass is 444 g/mol. The molecular weight excluding hydrogens is 416 g/mol. The van der Waals surface area contributed by atoms with Gasteiger partial charge in [-0.3, -0.25) is 9.89 Å². The molecule has 2 aliphatic heterocycles. The van der Waals surface area contributed by atoms with E-state index in [1.54, 1.807) is 17.3 Å². The summed E-state index contributed by atoms with van der Waals surface area (Å²) in [5.41, 5.74) is 17.6. The van der Waals surface area contributed by atoms with E-state index in [0.29, 0.717) is 12.4 Å². The lowest BCUT2D eigenvalue weighted by Gasteiger charge is -2.42. The molecule has 1 amide bonds. The lowest BCUT2D eigenvalue weighted by molar-refractivity contribution is 0.0981. The molecule has 1 atom stereocenters. The highest BCUT2D eigenvalue weighted by Gasteiger charge is 2.46. The van der Waals surface area contributed by atoms with Gasteiger partial charge in [0.15, 0.2) is 11.5 Å². The van der Waals surface area contributed by atoms with Crippen LogP contribution in [0.5, 0.6) is 0 Å². The second kappa shape index (κ2) is 7.55. The first kappa shape index (κ1) is 20.2. The van der Waals surface area contributed by atoms with E-state index in [1.165, 1.54) is 11.1 Å². The number of hydrogen-bond donors (Lipinski definition) is 3. The molecular formula is C24H28N8O. The Morgan fingerprint density at radius 3 is 2.79 bits per heavy atom. The van der Waals surface area contributed by atoms with Crippen molar-refractivity contribution < 1.29 is 4.79 Å². The lowest BCUT2D eigenvalue weighted by atomic mass is 9.73. The molecule has 3 aromatic rings. The molecule has 1 fully saturated rings. The zero-order valence-electron chi connectivity index (χ0n) is 18.5. The van der Waals surface area contributed by atoms with E-state index < -0.39 is 0 Å². The second-order valence-electron chi connectivity index (χ2n) is 9.44. The number of aryl methyl sites for hydroxylation is 1. The molecule has 0 radical (unpaired) electrons. The number of nitrogens with zero attached hydrogens (tertiary/aromatic N) is 5. The number of nitrogens with two attached hydrogens (primary N) is 2. The van der Waals surface area contributed by atoms with Gasteiger partial charge in [-0.2, -0.15) is 5.10 Å². The fraction of sp³-hybridized carbons (Fsp3) is 0.417. The predicted octanol–water partition coefficient (Wildman–Crippen LogP) is 2.22. The molecule has 3 aliphatic rings. The molecule has 5 N–H and O–H groups in total. The topological polar surface area (TPSA) is 130 Å². The van der Waals surface area contributed by atoms with Crippen molar-refractivity contribution in [2.45, 2.75) is 38.1 Å². The molecule has 33 heavy (non-hydrogen) atoms. The van der Waals surface area contributed by atoms with Crippen LogP contribution in [0, 0.1) is 5.41 Å². The van der Waals surface area contributed by atoms with E-state index in [1.807, 2.05) is 0 Å². The number of carbonyl (C=O) groups is 1. The summed E-state index contributed by atoms with van der Waals surface area (Å²) in [4.78, 5) is 26.1. The van der Waals surface area contributed by atoms with Crippen molar-refractivity contribution in [2.75, 3.05) is 35.2 Å². The molecule has 1 spiro atoms. The van der Waals surface area contributed by atoms with E-state index in [0.717, 1.165) is 56.6 Å². The number of nitrogen functional groups attached to an aromatic ring is 1. The summed E-state index contributed by atoms with van der Waals surface area (Å²) in [6.07, 6.45) is 8.14. The molecule has 1 aromatic carbocycles. The zero-order chi connectivity index (χ0) is 22.6. The van der Waals surface area contributed by atoms with Crippen molar-refractivity contribution in [1.82, 2.24) is 20.2 Å². The summed E-state index contributed by atoms with van der Waals surface area (Å²) in [5, 5.41) is 7.07. The third-order valence-electron chi connectivity index (χ3n) is 7.69. The Balaban J connectivity index is 1.18. The van der Waals surface area contributed by atoms with Crippen molar-refractivity contribution >= 4 is 23.2 Å². The van der Waals surface area contributed by atoms with Crippen LogP contribution in [0.2, 0.25) is 0 Å². The fourth-order valence-electron chi connectivity index (χ4n) is 5.79. The maximum atomic E-state index is 13.2. The van der Waals surface area contributed by atoms with E-state index in [-0.39, 0.29) is 28.9 Å². The number of H-pyrrole nitrogens is 1. The number of anilines is 3. The van der Waals surface area contributed by atoms with Crippen molar-refractivity contribution in [3.8, 4) is 0 Å². The lowest BCUT2D eigenvalue weighted by Crippen LogP contribution is -2.44. The highest BCUT2D eigenvalue weighted by molar-refractivity contribution is 6.07. The van der Waals surface area contributed by atoms with Crippen LogP contribution in [-0.2, 0) is 12.8 Å². The predicted molar refractivity (Wildman–Crippen MR) is 126 cm³/mol. The van der Waals surface area contributed by atoms with Crippen LogP contribution < -0.4 is 21.3 Å². The van der Waals surface area contributed by atoms with E-state index in [2.05, 4.69) is 49.3 Å². The molecule has 2 aromatic heterocycles. The molecule has 1 aliphatic carbocycles. The van der Waals surface area contributed by atoms with E-state index >= 15 is 0 Å². The first-order chi connectivity index (χ1) is 16.1. The number of rotatable bonds is 2. The standard InChI is InChI=1S/C24H28N8O/c25-21-16-5-2-1-4-15(16)12-24(21)7-10-31(11-8-24)19-14-27-20(22(26)29-19)23(33)32-9-3-6-17-18(32)13-28-30-17/h1-2,4-5,13-14,21H,3,6-12,25H2,(H2,26,29)(H,28,30)/t21-/m1/s1. The third kappa shape index (κ3) is 3.18. The van der Waals surface area contributed by atoms with Gasteiger partial charge in [-0.15, -0.1) is 0 Å². The minimum Gasteiger partial charge on any atom is -0.382 e. The molecule has 0 unspecified atom stereocenters. The van der Waals surface area contributed by atoms with Crippen molar-refractivity contribution in [3.63, 3.8) is 0 Å². The van der Waals surface area contributed by atoms with Gasteiger partial charge in [0.1, 0.15) is 5.82 Å². The molecule has 0 bridgehead atoms. The van der Waals surface area contributed by atoms with Gasteiger partial charge in [-0.25, -0.2) is 9.97 Å². The number of fused-ring (bicyclic) bond motifs is 2. The van der Waals surface area contributed by atoms with Crippen LogP contribution in [0.3, 0.4) is 0 Å². The molecule has 4 heterocycles. The first-order valence-corrected chi connectivity index (χ1v) is 11.6. The quantitative estimate of drug-likeness (QED) is 0.552. The highest BCUT2D eigenvalue weighted by atomic mass is 16.2. The van der Waals surface area contributed by atoms with E-state index in [9.17, 15) is 4.79 Å². The van der Waals surface area contributed by atoms with Gasteiger partial charge in [0.25, 0.3) is 5.91 Å². The van der Waals surface area contributed by atoms with Crippen LogP contribution in [0.1, 0.15) is 52.6 Å². The number of benzene rings is 1. The number of aromatic nitrogens is 4. The SMILES string of the molecule is Nc1nc(N2CCC3(CC2)Cc2ccccc2[C@H]3N)cnc1C(=O)N1CCCc2n[nH]cc21. The Hall–Kier alpha value is -3.46. The second-order valence-corrected chi connectivity index (χ2v) is 9.44. The first-order valence-electron chi connectivity index (χ1n) is 11.6. The van der Waals surface area contributed by atoms with Crippen LogP contribution in [0.4, 0.5) is 17.3 Å². The summed E-state index contributed by atoms with van der Waals surface area (Å²) < 4.78 is 0. The molecule has 9 heteroatoms. The Bertz CT molecular complexity index is 1210. The van der Waals surface area contributed by atoms with Crippen LogP contribution in [0.15, 0.2) is 36.7 Å². The maximum Gasteiger partial charge on any atom is 0.280 e. The zero-order valence-corrected chi connectivity index (χ0v) is 18.5. The Morgan fingerprint density at radius 2 is 2.00 bits per heavy atom. The van der Waals surface area contributed by atoms with Gasteiger partial charge >= 0.3 is 0 Å². The van der Waals surface area contributed by atoms with Gasteiger partial charge in [-0.05, 0) is 48.6 Å². The maximum absolute atomic E-state index is 13.2. The van der Waals surface area contributed by atoms with Crippen molar-refractivity contribution in [1.29, 1.82) is 0 Å². The largest absolute Gasteiger partial charge is 0.382 e. The Morgan fingerprint density at radius 1 is 1.18 bits per heavy atom. The smallest absolute Gasteiger partial charge is 0.280 e. The molecule has 9 nitrogen and oxygen atoms in total. The minimum atomic E-state index is -0.235. The van der Waals surface area contributed by atoms with Gasteiger partial charge in [0, 0.05) is 31.9 Å². The summed E-state index contributed by atoms with van der Waals surface area (Å²) in [6, 6.07) is 8.61. The number of aromatic amines is 1. The molecule has 6 rings (SSSR count). The van der Waals surface area contributed by atoms with E-state index in [4.69, 9.17) is 11.5 Å². The number of nitrogens with one attached hydrogen (secondary N) is 1. The van der Waals surface area contributed by atoms with Crippen molar-refractivity contribution in [3.05, 3.63) is 59.2 Å². The molecule has 170 valence electrons. The average molecular weight is 445 g/mol. The van der Waals surface area contributed by atoms with Crippen LogP contribution in [-0.4, -0.2) is 45.7 Å². The summed E-state index contributed by atoms with van der Waals surface area (Å²) in [5.74, 6) is 0.644. The van der Waals surface area contributed by atoms with Gasteiger partial charge < -0.3 is 21.3 Å². The Kier molecular flexibility index (Phi) is 4.62. The van der Waals surface area contributed by atoms with Gasteiger partial charge in [-0.1, -0.05) is 24.3 Å². The minimum absolute atomic E-state index is 0.0735. The third-order valence-corrected chi connectivity index (χ3v) is 7.69. The summed E-state index contributed by atoms with van der Waals surface area (Å²) in [6.45, 7) is 2.30. The number of piperidine rings is 1. The molecule has 0 saturated carbocycles. The van der Waals surface area contributed by atoms with Gasteiger partial charge in [0.2, 0.25) is 0 Å². The van der Waals surface area contributed by atoms with Crippen LogP contribution >= 0.6 is 0 Å². The summed E-state index contributed by atoms with van der Waals surface area (Å²) in [7, 11) is 0. The average Bonchev–Trinajstić information content (AvgIpc) is 3.42. The summed E-state index contributed by atoms with van der Waals surface area (Å²) >= 11 is 0. The van der Waals surface area contributed by atoms with Gasteiger partial charge in [0.05, 0.1) is 17.6 Å². The normalized spacial score (nSPS) is 21.2. The highest BCUT2D eigenvalue weighted by Crippen LogP contribution is 2.50. The van der Waals surface area contributed by atoms with Crippen LogP contribution in [0.25, 0.3) is 0 Å². The number of carbonyl (C=O) groups excluding carboxylic acids is 1. The Labute approximate surface area is 192 Å².